The lowest BCUT2D eigenvalue weighted by Crippen LogP contribution is -2.31. The monoisotopic (exact) mass is 480 g/mol. The van der Waals surface area contributed by atoms with Gasteiger partial charge < -0.3 is 39.7 Å². The number of ether oxygens (including phenoxy) is 1. The van der Waals surface area contributed by atoms with Crippen molar-refractivity contribution in [2.45, 2.75) is 24.9 Å². The molecule has 0 bridgehead atoms. The Bertz CT molecular complexity index is 916. The first-order chi connectivity index (χ1) is 12.7. The van der Waals surface area contributed by atoms with Gasteiger partial charge in [0, 0.05) is 12.6 Å². The summed E-state index contributed by atoms with van der Waals surface area (Å²) in [5.41, 5.74) is 4.57. The fourth-order valence-electron chi connectivity index (χ4n) is 2.18. The van der Waals surface area contributed by atoms with Gasteiger partial charge in [0.15, 0.2) is 6.23 Å². The number of aromatic nitrogens is 2. The molecule has 1 aromatic heterocycles. The SMILES string of the molecule is Nc1ccn([C@@H]2O[C@H](COP([O-])(=P)OP(=O)([O-])OP(=O)([O-])O)C[C@H]2O)c(=O)n1. The number of hydrogen-bond acceptors (Lipinski definition) is 13. The Morgan fingerprint density at radius 1 is 1.39 bits per heavy atom. The molecule has 1 fully saturated rings. The first-order valence-corrected chi connectivity index (χ1v) is 13.0. The van der Waals surface area contributed by atoms with Crippen molar-refractivity contribution in [2.24, 2.45) is 0 Å². The number of nitrogen functional groups attached to an aromatic ring is 1. The summed E-state index contributed by atoms with van der Waals surface area (Å²) in [6.45, 7) is -0.598. The largest absolute Gasteiger partial charge is 0.785 e. The van der Waals surface area contributed by atoms with Crippen LogP contribution in [0.25, 0.3) is 0 Å². The number of nitrogens with zero attached hydrogens (tertiary/aromatic N) is 2. The van der Waals surface area contributed by atoms with Crippen LogP contribution < -0.4 is 26.1 Å². The maximum Gasteiger partial charge on any atom is 0.351 e. The maximum absolute atomic E-state index is 11.9. The lowest BCUT2D eigenvalue weighted by atomic mass is 10.2. The minimum atomic E-state index is -5.75. The lowest BCUT2D eigenvalue weighted by Gasteiger charge is -2.36. The molecule has 0 saturated carbocycles. The standard InChI is InChI=1S/C9H16N3O12P4/c10-7-1-2-12(9(14)11-7)8-6(13)3-5(22-8)4-21-28(20,25)24-27(18,19)23-26(15,16)17/h1-2,5-6,8,13,25H,3-4H2,(H5-,10,11,14,15,16,17,18,19,20)/q-1/p-2/t5-,6+,8+,28?/m0/s1. The Morgan fingerprint density at radius 3 is 2.61 bits per heavy atom. The molecule has 4 N–H and O–H groups in total. The van der Waals surface area contributed by atoms with Crippen LogP contribution in [0.4, 0.5) is 5.82 Å². The number of rotatable bonds is 8. The predicted octanol–water partition coefficient (Wildman–Crippen LogP) is -2.37. The van der Waals surface area contributed by atoms with Gasteiger partial charge in [-0.05, 0) is 6.07 Å². The van der Waals surface area contributed by atoms with Crippen LogP contribution in [-0.2, 0) is 27.0 Å². The zero-order valence-electron chi connectivity index (χ0n) is 13.6. The van der Waals surface area contributed by atoms with E-state index in [0.29, 0.717) is 0 Å². The highest BCUT2D eigenvalue weighted by Gasteiger charge is 2.36. The van der Waals surface area contributed by atoms with E-state index in [1.807, 2.05) is 0 Å². The Hall–Kier alpha value is -0.490. The molecule has 1 aliphatic heterocycles. The topological polar surface area (TPSA) is 242 Å². The van der Waals surface area contributed by atoms with E-state index in [9.17, 15) is 33.7 Å². The van der Waals surface area contributed by atoms with Crippen molar-refractivity contribution in [2.75, 3.05) is 12.3 Å². The molecule has 0 aliphatic carbocycles. The third-order valence-corrected chi connectivity index (χ3v) is 8.03. The van der Waals surface area contributed by atoms with Gasteiger partial charge in [-0.2, -0.15) is 4.98 Å². The number of aliphatic hydroxyl groups excluding tert-OH is 1. The highest BCUT2D eigenvalue weighted by Crippen LogP contribution is 2.63. The zero-order chi connectivity index (χ0) is 21.3. The lowest BCUT2D eigenvalue weighted by molar-refractivity contribution is -0.244. The summed E-state index contributed by atoms with van der Waals surface area (Å²) in [6.07, 6.45) is -2.19. The van der Waals surface area contributed by atoms with Crippen LogP contribution in [0.3, 0.4) is 0 Å². The van der Waals surface area contributed by atoms with Crippen LogP contribution in [0.2, 0.25) is 0 Å². The number of phosphoric acid groups is 2. The third-order valence-electron chi connectivity index (χ3n) is 3.13. The quantitative estimate of drug-likeness (QED) is 0.330. The van der Waals surface area contributed by atoms with E-state index in [4.69, 9.17) is 19.9 Å². The second-order valence-electron chi connectivity index (χ2n) is 5.37. The minimum Gasteiger partial charge on any atom is -0.785 e. The van der Waals surface area contributed by atoms with Crippen molar-refractivity contribution in [3.63, 3.8) is 0 Å². The van der Waals surface area contributed by atoms with E-state index in [0.717, 1.165) is 4.57 Å². The predicted molar refractivity (Wildman–Crippen MR) is 88.2 cm³/mol. The molecule has 160 valence electrons. The summed E-state index contributed by atoms with van der Waals surface area (Å²) in [5.74, 6) is -0.0412. The molecule has 0 radical (unpaired) electrons. The smallest absolute Gasteiger partial charge is 0.351 e. The molecule has 6 atom stereocenters. The zero-order valence-corrected chi connectivity index (χ0v) is 17.3. The molecule has 2 rings (SSSR count). The van der Waals surface area contributed by atoms with Crippen molar-refractivity contribution in [1.82, 2.24) is 9.55 Å². The van der Waals surface area contributed by atoms with E-state index >= 15 is 0 Å². The Kier molecular flexibility index (Phi) is 7.40. The highest BCUT2D eigenvalue weighted by molar-refractivity contribution is 7.90. The highest BCUT2D eigenvalue weighted by atomic mass is 31.8. The van der Waals surface area contributed by atoms with E-state index in [2.05, 4.69) is 22.1 Å². The average molecular weight is 480 g/mol. The molecular weight excluding hydrogens is 466 g/mol. The molecular formula is C9H14N3O12P4-3. The third kappa shape index (κ3) is 7.08. The van der Waals surface area contributed by atoms with Gasteiger partial charge in [0.25, 0.3) is 15.6 Å². The van der Waals surface area contributed by atoms with Gasteiger partial charge in [-0.15, -0.1) is 0 Å². The van der Waals surface area contributed by atoms with Crippen molar-refractivity contribution in [1.29, 1.82) is 0 Å². The number of hydrogen-bond donors (Lipinski definition) is 3. The summed E-state index contributed by atoms with van der Waals surface area (Å²) >= 11 is 0. The van der Waals surface area contributed by atoms with Gasteiger partial charge in [-0.3, -0.25) is 18.0 Å². The Labute approximate surface area is 159 Å². The fourth-order valence-corrected chi connectivity index (χ4v) is 6.31. The summed E-state index contributed by atoms with van der Waals surface area (Å²) < 4.78 is 39.9. The van der Waals surface area contributed by atoms with Crippen molar-refractivity contribution in [3.05, 3.63) is 22.7 Å². The summed E-state index contributed by atoms with van der Waals surface area (Å²) in [6, 6.07) is 1.29. The van der Waals surface area contributed by atoms with Crippen LogP contribution in [-0.4, -0.2) is 38.4 Å². The van der Waals surface area contributed by atoms with Crippen LogP contribution in [0.5, 0.6) is 0 Å². The first kappa shape index (κ1) is 23.8. The molecule has 0 amide bonds. The van der Waals surface area contributed by atoms with Gasteiger partial charge in [0.1, 0.15) is 11.9 Å². The number of anilines is 1. The Morgan fingerprint density at radius 2 is 2.04 bits per heavy atom. The molecule has 1 aromatic rings. The van der Waals surface area contributed by atoms with Gasteiger partial charge >= 0.3 is 5.69 Å². The Balaban J connectivity index is 1.97. The fraction of sp³-hybridized carbons (Fsp3) is 0.556. The summed E-state index contributed by atoms with van der Waals surface area (Å²) in [5, 5.41) is 10.0. The van der Waals surface area contributed by atoms with E-state index < -0.39 is 53.6 Å². The van der Waals surface area contributed by atoms with Crippen LogP contribution in [0.15, 0.2) is 17.1 Å². The van der Waals surface area contributed by atoms with Gasteiger partial charge in [0.2, 0.25) is 0 Å². The molecule has 2 heterocycles. The minimum absolute atomic E-state index is 0.0412. The maximum atomic E-state index is 11.9. The summed E-state index contributed by atoms with van der Waals surface area (Å²) in [4.78, 5) is 57.2. The second-order valence-corrected chi connectivity index (χ2v) is 11.4. The van der Waals surface area contributed by atoms with E-state index in [1.54, 1.807) is 0 Å². The molecule has 0 aromatic carbocycles. The van der Waals surface area contributed by atoms with E-state index in [-0.39, 0.29) is 12.2 Å². The second kappa shape index (κ2) is 8.71. The average Bonchev–Trinajstić information content (AvgIpc) is 2.82. The molecule has 3 unspecified atom stereocenters. The molecule has 19 heteroatoms. The number of nitrogens with two attached hydrogens (primary N) is 1. The molecule has 1 saturated heterocycles. The van der Waals surface area contributed by atoms with Crippen LogP contribution >= 0.6 is 31.4 Å². The molecule has 15 nitrogen and oxygen atoms in total. The normalized spacial score (nSPS) is 29.0. The van der Waals surface area contributed by atoms with Crippen molar-refractivity contribution >= 4 is 37.2 Å². The number of aliphatic hydroxyl groups is 1. The van der Waals surface area contributed by atoms with Gasteiger partial charge in [-0.1, -0.05) is 8.53 Å². The van der Waals surface area contributed by atoms with E-state index in [1.165, 1.54) is 12.3 Å². The van der Waals surface area contributed by atoms with Crippen LogP contribution in [0.1, 0.15) is 12.6 Å². The van der Waals surface area contributed by atoms with Crippen molar-refractivity contribution < 1.29 is 51.7 Å². The summed E-state index contributed by atoms with van der Waals surface area (Å²) in [7, 11) is -13.7. The first-order valence-electron chi connectivity index (χ1n) is 7.13. The van der Waals surface area contributed by atoms with Crippen LogP contribution in [0, 0.1) is 0 Å². The van der Waals surface area contributed by atoms with Gasteiger partial charge in [-0.25, -0.2) is 9.11 Å². The molecule has 0 spiro atoms. The van der Waals surface area contributed by atoms with Crippen molar-refractivity contribution in [3.8, 4) is 0 Å². The molecule has 1 aliphatic rings. The molecule has 28 heavy (non-hydrogen) atoms. The van der Waals surface area contributed by atoms with Gasteiger partial charge in [0.05, 0.1) is 19.9 Å².